The first-order valence-corrected chi connectivity index (χ1v) is 3.70. The van der Waals surface area contributed by atoms with Crippen molar-refractivity contribution in [2.45, 2.75) is 20.4 Å². The molecule has 1 aromatic heterocycles. The molecule has 0 unspecified atom stereocenters. The minimum absolute atomic E-state index is 0.0965. The molecule has 11 heavy (non-hydrogen) atoms. The number of hydrogen-bond acceptors (Lipinski definition) is 2. The van der Waals surface area contributed by atoms with E-state index in [0.717, 1.165) is 0 Å². The van der Waals surface area contributed by atoms with E-state index < -0.39 is 0 Å². The first-order chi connectivity index (χ1) is 5.20. The number of Topliss-reactive ketones (excluding diaryl/α,β-unsaturated/α-hetero) is 1. The molecule has 0 atom stereocenters. The second-order valence-electron chi connectivity index (χ2n) is 2.82. The smallest absolute Gasteiger partial charge is 0.156 e. The molecule has 0 spiro atoms. The average Bonchev–Trinajstić information content (AvgIpc) is 2.39. The second-order valence-corrected chi connectivity index (χ2v) is 2.82. The Balaban J connectivity index is 2.50. The lowest BCUT2D eigenvalue weighted by molar-refractivity contribution is -0.122. The lowest BCUT2D eigenvalue weighted by Gasteiger charge is -2.02. The van der Waals surface area contributed by atoms with E-state index in [1.54, 1.807) is 17.1 Å². The maximum Gasteiger partial charge on any atom is 0.156 e. The summed E-state index contributed by atoms with van der Waals surface area (Å²) in [4.78, 5) is 11.1. The fourth-order valence-corrected chi connectivity index (χ4v) is 0.736. The Hall–Kier alpha value is -1.12. The van der Waals surface area contributed by atoms with Gasteiger partial charge in [-0.15, -0.1) is 0 Å². The zero-order valence-electron chi connectivity index (χ0n) is 6.82. The summed E-state index contributed by atoms with van der Waals surface area (Å²) in [5.41, 5.74) is 0. The van der Waals surface area contributed by atoms with Crippen LogP contribution < -0.4 is 0 Å². The summed E-state index contributed by atoms with van der Waals surface area (Å²) >= 11 is 0. The van der Waals surface area contributed by atoms with Gasteiger partial charge in [0.2, 0.25) is 0 Å². The molecule has 3 heteroatoms. The Morgan fingerprint density at radius 3 is 2.82 bits per heavy atom. The molecule has 0 N–H and O–H groups in total. The van der Waals surface area contributed by atoms with E-state index in [4.69, 9.17) is 0 Å². The van der Waals surface area contributed by atoms with Crippen molar-refractivity contribution in [3.05, 3.63) is 18.5 Å². The first kappa shape index (κ1) is 7.98. The molecule has 0 saturated carbocycles. The molecule has 0 amide bonds. The van der Waals surface area contributed by atoms with Gasteiger partial charge < -0.3 is 0 Å². The van der Waals surface area contributed by atoms with E-state index in [1.165, 1.54) is 0 Å². The molecule has 60 valence electrons. The van der Waals surface area contributed by atoms with Crippen LogP contribution in [0.5, 0.6) is 0 Å². The van der Waals surface area contributed by atoms with Crippen molar-refractivity contribution in [2.75, 3.05) is 0 Å². The zero-order valence-corrected chi connectivity index (χ0v) is 6.82. The van der Waals surface area contributed by atoms with Gasteiger partial charge in [-0.05, 0) is 6.07 Å². The van der Waals surface area contributed by atoms with Gasteiger partial charge in [-0.25, -0.2) is 0 Å². The number of nitrogens with zero attached hydrogens (tertiary/aromatic N) is 2. The Labute approximate surface area is 66.0 Å². The highest BCUT2D eigenvalue weighted by molar-refractivity contribution is 5.79. The highest BCUT2D eigenvalue weighted by atomic mass is 16.1. The molecular formula is C8H12N2O. The van der Waals surface area contributed by atoms with Crippen LogP contribution in [0.15, 0.2) is 18.5 Å². The van der Waals surface area contributed by atoms with Crippen LogP contribution in [0.3, 0.4) is 0 Å². The van der Waals surface area contributed by atoms with Crippen LogP contribution in [0, 0.1) is 5.92 Å². The van der Waals surface area contributed by atoms with Crippen molar-refractivity contribution in [1.29, 1.82) is 0 Å². The lowest BCUT2D eigenvalue weighted by atomic mass is 10.1. The molecule has 1 rings (SSSR count). The highest BCUT2D eigenvalue weighted by Crippen LogP contribution is 1.96. The number of hydrogen-bond donors (Lipinski definition) is 0. The Morgan fingerprint density at radius 2 is 2.36 bits per heavy atom. The molecule has 1 heterocycles. The predicted octanol–water partition coefficient (Wildman–Crippen LogP) is 1.11. The number of carbonyl (C=O) groups excluding carboxylic acids is 1. The fourth-order valence-electron chi connectivity index (χ4n) is 0.736. The molecule has 0 bridgehead atoms. The van der Waals surface area contributed by atoms with Crippen LogP contribution in [-0.4, -0.2) is 15.6 Å². The van der Waals surface area contributed by atoms with Crippen molar-refractivity contribution in [1.82, 2.24) is 9.78 Å². The maximum atomic E-state index is 11.1. The zero-order chi connectivity index (χ0) is 8.27. The molecule has 0 fully saturated rings. The molecule has 0 aliphatic rings. The van der Waals surface area contributed by atoms with Crippen molar-refractivity contribution in [3.63, 3.8) is 0 Å². The quantitative estimate of drug-likeness (QED) is 0.650. The Morgan fingerprint density at radius 1 is 1.64 bits per heavy atom. The topological polar surface area (TPSA) is 34.9 Å². The molecule has 0 radical (unpaired) electrons. The Bertz CT molecular complexity index is 226. The minimum atomic E-state index is 0.0965. The first-order valence-electron chi connectivity index (χ1n) is 3.70. The van der Waals surface area contributed by atoms with Crippen molar-refractivity contribution in [3.8, 4) is 0 Å². The minimum Gasteiger partial charge on any atom is -0.297 e. The van der Waals surface area contributed by atoms with E-state index in [2.05, 4.69) is 5.10 Å². The summed E-state index contributed by atoms with van der Waals surface area (Å²) in [6.07, 6.45) is 3.47. The van der Waals surface area contributed by atoms with E-state index in [1.807, 2.05) is 19.9 Å². The number of aromatic nitrogens is 2. The summed E-state index contributed by atoms with van der Waals surface area (Å²) in [5.74, 6) is 0.313. The van der Waals surface area contributed by atoms with Gasteiger partial charge in [0.1, 0.15) is 0 Å². The van der Waals surface area contributed by atoms with Crippen LogP contribution in [0.25, 0.3) is 0 Å². The van der Waals surface area contributed by atoms with Crippen molar-refractivity contribution >= 4 is 5.78 Å². The van der Waals surface area contributed by atoms with Gasteiger partial charge in [0.25, 0.3) is 0 Å². The normalized spacial score (nSPS) is 10.5. The standard InChI is InChI=1S/C8H12N2O/c1-7(2)8(11)6-10-5-3-4-9-10/h3-5,7H,6H2,1-2H3. The van der Waals surface area contributed by atoms with Gasteiger partial charge in [-0.1, -0.05) is 13.8 Å². The monoisotopic (exact) mass is 152 g/mol. The largest absolute Gasteiger partial charge is 0.297 e. The number of rotatable bonds is 3. The van der Waals surface area contributed by atoms with E-state index in [0.29, 0.717) is 6.54 Å². The van der Waals surface area contributed by atoms with Crippen molar-refractivity contribution < 1.29 is 4.79 Å². The van der Waals surface area contributed by atoms with Gasteiger partial charge in [-0.3, -0.25) is 9.48 Å². The van der Waals surface area contributed by atoms with Crippen LogP contribution >= 0.6 is 0 Å². The van der Waals surface area contributed by atoms with Gasteiger partial charge in [0.15, 0.2) is 5.78 Å². The molecular weight excluding hydrogens is 140 g/mol. The molecule has 0 saturated heterocycles. The third-order valence-electron chi connectivity index (χ3n) is 1.52. The van der Waals surface area contributed by atoms with E-state index in [9.17, 15) is 4.79 Å². The third-order valence-corrected chi connectivity index (χ3v) is 1.52. The fraction of sp³-hybridized carbons (Fsp3) is 0.500. The van der Waals surface area contributed by atoms with E-state index >= 15 is 0 Å². The molecule has 0 aromatic carbocycles. The van der Waals surface area contributed by atoms with Gasteiger partial charge in [0.05, 0.1) is 6.54 Å². The predicted molar refractivity (Wildman–Crippen MR) is 42.1 cm³/mol. The SMILES string of the molecule is CC(C)C(=O)Cn1cccn1. The van der Waals surface area contributed by atoms with Gasteiger partial charge in [-0.2, -0.15) is 5.10 Å². The Kier molecular flexibility index (Phi) is 2.41. The summed E-state index contributed by atoms with van der Waals surface area (Å²) in [5, 5.41) is 3.93. The lowest BCUT2D eigenvalue weighted by Crippen LogP contribution is -2.15. The van der Waals surface area contributed by atoms with Crippen LogP contribution in [0.2, 0.25) is 0 Å². The highest BCUT2D eigenvalue weighted by Gasteiger charge is 2.06. The second kappa shape index (κ2) is 3.32. The van der Waals surface area contributed by atoms with Crippen LogP contribution in [-0.2, 0) is 11.3 Å². The van der Waals surface area contributed by atoms with Crippen LogP contribution in [0.4, 0.5) is 0 Å². The van der Waals surface area contributed by atoms with Gasteiger partial charge >= 0.3 is 0 Å². The third kappa shape index (κ3) is 2.18. The van der Waals surface area contributed by atoms with Crippen LogP contribution in [0.1, 0.15) is 13.8 Å². The molecule has 0 aliphatic heterocycles. The summed E-state index contributed by atoms with van der Waals surface area (Å²) in [6.45, 7) is 4.18. The maximum absolute atomic E-state index is 11.1. The summed E-state index contributed by atoms with van der Waals surface area (Å²) < 4.78 is 1.64. The van der Waals surface area contributed by atoms with Crippen molar-refractivity contribution in [2.24, 2.45) is 5.92 Å². The molecule has 1 aromatic rings. The average molecular weight is 152 g/mol. The van der Waals surface area contributed by atoms with E-state index in [-0.39, 0.29) is 11.7 Å². The number of carbonyl (C=O) groups is 1. The summed E-state index contributed by atoms with van der Waals surface area (Å²) in [7, 11) is 0. The van der Waals surface area contributed by atoms with Gasteiger partial charge in [0, 0.05) is 18.3 Å². The number of ketones is 1. The molecule has 0 aliphatic carbocycles. The molecule has 3 nitrogen and oxygen atoms in total. The summed E-state index contributed by atoms with van der Waals surface area (Å²) in [6, 6.07) is 1.81.